The highest BCUT2D eigenvalue weighted by atomic mass is 35.5. The number of urea groups is 1. The smallest absolute Gasteiger partial charge is 0.321 e. The van der Waals surface area contributed by atoms with E-state index in [0.717, 1.165) is 19.6 Å². The van der Waals surface area contributed by atoms with Crippen molar-refractivity contribution in [1.29, 1.82) is 0 Å². The normalized spacial score (nSPS) is 15.3. The van der Waals surface area contributed by atoms with Gasteiger partial charge in [0.25, 0.3) is 0 Å². The van der Waals surface area contributed by atoms with E-state index in [1.807, 2.05) is 12.3 Å². The number of anilines is 1. The molecule has 0 atom stereocenters. The fourth-order valence-corrected chi connectivity index (χ4v) is 3.10. The van der Waals surface area contributed by atoms with Gasteiger partial charge in [0.05, 0.1) is 10.7 Å². The molecule has 5 nitrogen and oxygen atoms in total. The lowest BCUT2D eigenvalue weighted by Gasteiger charge is -2.34. The van der Waals surface area contributed by atoms with Crippen LogP contribution in [-0.2, 0) is 6.54 Å². The molecule has 126 valence electrons. The molecule has 2 amide bonds. The first-order chi connectivity index (χ1) is 11.6. The standard InChI is InChI=1S/C17H18Cl2N4O/c18-14-3-4-16(15(19)10-14)21-17(24)23-8-6-22(7-9-23)12-13-2-1-5-20-11-13/h1-5,10-11H,6-9,12H2,(H,21,24). The number of halogens is 2. The van der Waals surface area contributed by atoms with Crippen molar-refractivity contribution in [2.24, 2.45) is 0 Å². The van der Waals surface area contributed by atoms with Gasteiger partial charge in [-0.3, -0.25) is 9.88 Å². The minimum absolute atomic E-state index is 0.139. The number of nitrogens with zero attached hydrogens (tertiary/aromatic N) is 3. The third-order valence-corrected chi connectivity index (χ3v) is 4.51. The van der Waals surface area contributed by atoms with Crippen LogP contribution in [0.25, 0.3) is 0 Å². The average molecular weight is 365 g/mol. The Morgan fingerprint density at radius 3 is 2.62 bits per heavy atom. The Labute approximate surface area is 151 Å². The fourth-order valence-electron chi connectivity index (χ4n) is 2.64. The molecule has 2 heterocycles. The summed E-state index contributed by atoms with van der Waals surface area (Å²) in [5.41, 5.74) is 1.76. The van der Waals surface area contributed by atoms with E-state index in [9.17, 15) is 4.79 Å². The van der Waals surface area contributed by atoms with Gasteiger partial charge in [0, 0.05) is 50.1 Å². The molecular formula is C17H18Cl2N4O. The minimum Gasteiger partial charge on any atom is -0.322 e. The van der Waals surface area contributed by atoms with E-state index in [-0.39, 0.29) is 6.03 Å². The number of benzene rings is 1. The number of hydrogen-bond donors (Lipinski definition) is 1. The largest absolute Gasteiger partial charge is 0.322 e. The van der Waals surface area contributed by atoms with Gasteiger partial charge in [0.15, 0.2) is 0 Å². The van der Waals surface area contributed by atoms with Crippen molar-refractivity contribution < 1.29 is 4.79 Å². The van der Waals surface area contributed by atoms with Crippen LogP contribution in [0.5, 0.6) is 0 Å². The van der Waals surface area contributed by atoms with Gasteiger partial charge in [-0.2, -0.15) is 0 Å². The van der Waals surface area contributed by atoms with Gasteiger partial charge in [-0.25, -0.2) is 4.79 Å². The zero-order valence-electron chi connectivity index (χ0n) is 13.1. The van der Waals surface area contributed by atoms with Crippen LogP contribution in [-0.4, -0.2) is 47.0 Å². The molecule has 0 bridgehead atoms. The second-order valence-corrected chi connectivity index (χ2v) is 6.52. The zero-order chi connectivity index (χ0) is 16.9. The van der Waals surface area contributed by atoms with Crippen molar-refractivity contribution in [1.82, 2.24) is 14.8 Å². The van der Waals surface area contributed by atoms with E-state index in [4.69, 9.17) is 23.2 Å². The molecule has 2 aromatic rings. The van der Waals surface area contributed by atoms with Crippen molar-refractivity contribution in [2.45, 2.75) is 6.54 Å². The highest BCUT2D eigenvalue weighted by Gasteiger charge is 2.21. The lowest BCUT2D eigenvalue weighted by Crippen LogP contribution is -2.49. The first-order valence-electron chi connectivity index (χ1n) is 7.74. The molecule has 3 rings (SSSR count). The number of hydrogen-bond acceptors (Lipinski definition) is 3. The number of aromatic nitrogens is 1. The van der Waals surface area contributed by atoms with Crippen LogP contribution in [0.15, 0.2) is 42.7 Å². The van der Waals surface area contributed by atoms with Gasteiger partial charge < -0.3 is 10.2 Å². The third-order valence-electron chi connectivity index (χ3n) is 3.96. The van der Waals surface area contributed by atoms with Crippen molar-refractivity contribution in [3.05, 3.63) is 58.3 Å². The van der Waals surface area contributed by atoms with E-state index in [1.165, 1.54) is 5.56 Å². The Bertz CT molecular complexity index is 703. The molecule has 0 radical (unpaired) electrons. The van der Waals surface area contributed by atoms with Crippen LogP contribution in [0.2, 0.25) is 10.0 Å². The quantitative estimate of drug-likeness (QED) is 0.902. The molecule has 0 spiro atoms. The molecule has 0 aliphatic carbocycles. The van der Waals surface area contributed by atoms with Gasteiger partial charge in [0.1, 0.15) is 0 Å². The van der Waals surface area contributed by atoms with E-state index in [2.05, 4.69) is 21.3 Å². The number of rotatable bonds is 3. The molecule has 1 aromatic heterocycles. The number of nitrogens with one attached hydrogen (secondary N) is 1. The molecule has 1 N–H and O–H groups in total. The maximum Gasteiger partial charge on any atom is 0.321 e. The van der Waals surface area contributed by atoms with Gasteiger partial charge >= 0.3 is 6.03 Å². The van der Waals surface area contributed by atoms with Crippen molar-refractivity contribution in [2.75, 3.05) is 31.5 Å². The van der Waals surface area contributed by atoms with Gasteiger partial charge in [-0.05, 0) is 29.8 Å². The molecule has 1 fully saturated rings. The summed E-state index contributed by atoms with van der Waals surface area (Å²) in [5, 5.41) is 3.82. The second kappa shape index (κ2) is 7.83. The summed E-state index contributed by atoms with van der Waals surface area (Å²) in [6.07, 6.45) is 3.65. The lowest BCUT2D eigenvalue weighted by atomic mass is 10.2. The van der Waals surface area contributed by atoms with E-state index >= 15 is 0 Å². The Morgan fingerprint density at radius 1 is 1.17 bits per heavy atom. The summed E-state index contributed by atoms with van der Waals surface area (Å²) in [6, 6.07) is 8.89. The molecule has 1 saturated heterocycles. The summed E-state index contributed by atoms with van der Waals surface area (Å²) in [6.45, 7) is 3.87. The third kappa shape index (κ3) is 4.38. The molecule has 0 unspecified atom stereocenters. The summed E-state index contributed by atoms with van der Waals surface area (Å²) in [5.74, 6) is 0. The minimum atomic E-state index is -0.139. The number of carbonyl (C=O) groups excluding carboxylic acids is 1. The first-order valence-corrected chi connectivity index (χ1v) is 8.49. The van der Waals surface area contributed by atoms with Gasteiger partial charge in [-0.15, -0.1) is 0 Å². The zero-order valence-corrected chi connectivity index (χ0v) is 14.6. The Hall–Kier alpha value is -1.82. The highest BCUT2D eigenvalue weighted by Crippen LogP contribution is 2.25. The van der Waals surface area contributed by atoms with Crippen LogP contribution < -0.4 is 5.32 Å². The Kier molecular flexibility index (Phi) is 5.56. The van der Waals surface area contributed by atoms with Crippen LogP contribution in [0.1, 0.15) is 5.56 Å². The van der Waals surface area contributed by atoms with E-state index < -0.39 is 0 Å². The van der Waals surface area contributed by atoms with Crippen LogP contribution in [0, 0.1) is 0 Å². The Morgan fingerprint density at radius 2 is 1.96 bits per heavy atom. The SMILES string of the molecule is O=C(Nc1ccc(Cl)cc1Cl)N1CCN(Cc2cccnc2)CC1. The average Bonchev–Trinajstić information content (AvgIpc) is 2.59. The topological polar surface area (TPSA) is 48.5 Å². The summed E-state index contributed by atoms with van der Waals surface area (Å²) in [7, 11) is 0. The maximum atomic E-state index is 12.4. The number of amides is 2. The fraction of sp³-hybridized carbons (Fsp3) is 0.294. The molecule has 1 aliphatic heterocycles. The molecule has 24 heavy (non-hydrogen) atoms. The van der Waals surface area contributed by atoms with Crippen molar-refractivity contribution in [3.63, 3.8) is 0 Å². The molecule has 7 heteroatoms. The summed E-state index contributed by atoms with van der Waals surface area (Å²) < 4.78 is 0. The van der Waals surface area contributed by atoms with Crippen molar-refractivity contribution >= 4 is 34.9 Å². The highest BCUT2D eigenvalue weighted by molar-refractivity contribution is 6.36. The lowest BCUT2D eigenvalue weighted by molar-refractivity contribution is 0.143. The predicted molar refractivity (Wildman–Crippen MR) is 96.6 cm³/mol. The summed E-state index contributed by atoms with van der Waals surface area (Å²) >= 11 is 12.0. The van der Waals surface area contributed by atoms with Gasteiger partial charge in [0.2, 0.25) is 0 Å². The molecule has 1 aromatic carbocycles. The molecular weight excluding hydrogens is 347 g/mol. The van der Waals surface area contributed by atoms with Gasteiger partial charge in [-0.1, -0.05) is 29.3 Å². The Balaban J connectivity index is 1.51. The molecule has 1 aliphatic rings. The van der Waals surface area contributed by atoms with Crippen LogP contribution in [0.3, 0.4) is 0 Å². The summed E-state index contributed by atoms with van der Waals surface area (Å²) in [4.78, 5) is 20.6. The number of piperazine rings is 1. The van der Waals surface area contributed by atoms with Crippen LogP contribution >= 0.6 is 23.2 Å². The predicted octanol–water partition coefficient (Wildman–Crippen LogP) is 3.74. The number of pyridine rings is 1. The monoisotopic (exact) mass is 364 g/mol. The van der Waals surface area contributed by atoms with E-state index in [1.54, 1.807) is 29.3 Å². The van der Waals surface area contributed by atoms with Crippen molar-refractivity contribution in [3.8, 4) is 0 Å². The van der Waals surface area contributed by atoms with Crippen LogP contribution in [0.4, 0.5) is 10.5 Å². The first kappa shape index (κ1) is 17.0. The number of carbonyl (C=O) groups is 1. The maximum absolute atomic E-state index is 12.4. The van der Waals surface area contributed by atoms with E-state index in [0.29, 0.717) is 28.8 Å². The second-order valence-electron chi connectivity index (χ2n) is 5.68. The molecule has 0 saturated carbocycles.